The first kappa shape index (κ1) is 13.4. The van der Waals surface area contributed by atoms with Gasteiger partial charge in [0.25, 0.3) is 0 Å². The maximum Gasteiger partial charge on any atom is 0.141 e. The van der Waals surface area contributed by atoms with E-state index in [1.54, 1.807) is 17.1 Å². The van der Waals surface area contributed by atoms with Crippen molar-refractivity contribution in [2.24, 2.45) is 11.8 Å². The Morgan fingerprint density at radius 2 is 2.18 bits per heavy atom. The molecule has 1 aliphatic carbocycles. The number of nitrogens with zero attached hydrogens (tertiary/aromatic N) is 4. The van der Waals surface area contributed by atoms with Crippen molar-refractivity contribution < 1.29 is 0 Å². The van der Waals surface area contributed by atoms with Crippen LogP contribution in [-0.4, -0.2) is 31.0 Å². The van der Waals surface area contributed by atoms with Crippen molar-refractivity contribution in [2.45, 2.75) is 38.5 Å². The molecule has 0 radical (unpaired) electrons. The van der Waals surface area contributed by atoms with Crippen LogP contribution in [0.5, 0.6) is 0 Å². The molecule has 3 aromatic heterocycles. The lowest BCUT2D eigenvalue weighted by Crippen LogP contribution is -2.20. The van der Waals surface area contributed by atoms with E-state index in [9.17, 15) is 0 Å². The number of fused-ring (bicyclic) bond motifs is 3. The van der Waals surface area contributed by atoms with E-state index in [1.165, 1.54) is 12.8 Å². The Bertz CT molecular complexity index is 808. The van der Waals surface area contributed by atoms with Crippen molar-refractivity contribution in [3.63, 3.8) is 0 Å². The summed E-state index contributed by atoms with van der Waals surface area (Å²) in [6.07, 6.45) is 9.83. The molecule has 1 saturated carbocycles. The van der Waals surface area contributed by atoms with Crippen LogP contribution in [0.2, 0.25) is 0 Å². The number of aromatic amines is 1. The van der Waals surface area contributed by atoms with E-state index in [2.05, 4.69) is 27.2 Å². The highest BCUT2D eigenvalue weighted by atomic mass is 15.4. The third-order valence-electron chi connectivity index (χ3n) is 5.16. The summed E-state index contributed by atoms with van der Waals surface area (Å²) in [6, 6.07) is 2.05. The molecule has 0 aromatic carbocycles. The third kappa shape index (κ3) is 2.01. The van der Waals surface area contributed by atoms with E-state index in [0.29, 0.717) is 17.8 Å². The second-order valence-corrected chi connectivity index (χ2v) is 6.39. The van der Waals surface area contributed by atoms with Crippen LogP contribution in [0.15, 0.2) is 18.6 Å². The zero-order chi connectivity index (χ0) is 15.1. The molecular formula is C16H20N6. The highest BCUT2D eigenvalue weighted by Gasteiger charge is 2.28. The summed E-state index contributed by atoms with van der Waals surface area (Å²) >= 11 is 0. The van der Waals surface area contributed by atoms with E-state index in [-0.39, 0.29) is 0 Å². The summed E-state index contributed by atoms with van der Waals surface area (Å²) in [5, 5.41) is 17.2. The van der Waals surface area contributed by atoms with Gasteiger partial charge in [0.2, 0.25) is 0 Å². The van der Waals surface area contributed by atoms with Crippen LogP contribution in [0.25, 0.3) is 16.6 Å². The van der Waals surface area contributed by atoms with Crippen LogP contribution >= 0.6 is 0 Å². The van der Waals surface area contributed by atoms with Gasteiger partial charge in [0.05, 0.1) is 5.69 Å². The molecule has 22 heavy (non-hydrogen) atoms. The summed E-state index contributed by atoms with van der Waals surface area (Å²) in [7, 11) is 0. The van der Waals surface area contributed by atoms with Crippen molar-refractivity contribution in [3.8, 4) is 0 Å². The molecule has 1 aliphatic rings. The minimum Gasteiger partial charge on any atom is -0.346 e. The second kappa shape index (κ2) is 5.19. The number of rotatable bonds is 3. The molecule has 3 aromatic rings. The highest BCUT2D eigenvalue weighted by molar-refractivity contribution is 5.92. The number of hydrogen-bond donors (Lipinski definition) is 2. The minimum absolute atomic E-state index is 0.387. The Morgan fingerprint density at radius 3 is 2.95 bits per heavy atom. The normalized spacial score (nSPS) is 23.9. The first-order chi connectivity index (χ1) is 10.8. The lowest BCUT2D eigenvalue weighted by Gasteiger charge is -2.29. The Hall–Kier alpha value is -2.24. The molecule has 6 nitrogen and oxygen atoms in total. The summed E-state index contributed by atoms with van der Waals surface area (Å²) in [4.78, 5) is 7.51. The van der Waals surface area contributed by atoms with Gasteiger partial charge in [0.15, 0.2) is 0 Å². The average Bonchev–Trinajstić information content (AvgIpc) is 3.19. The van der Waals surface area contributed by atoms with Crippen LogP contribution in [0.1, 0.15) is 44.2 Å². The molecule has 3 heterocycles. The second-order valence-electron chi connectivity index (χ2n) is 6.39. The molecule has 114 valence electrons. The molecule has 0 saturated heterocycles. The molecule has 1 fully saturated rings. The predicted molar refractivity (Wildman–Crippen MR) is 85.3 cm³/mol. The SMILES string of the molecule is CC(C=N)C1CCC(c2nnn3cnc4[nH]ccc4c23)CC1. The standard InChI is InChI=1S/C16H20N6/c1-10(8-17)11-2-4-12(5-3-11)14-15-13-6-7-18-16(13)19-9-22(15)21-20-14/h6-12,17-18H,2-5H2,1H3. The Balaban J connectivity index is 1.67. The maximum absolute atomic E-state index is 7.45. The van der Waals surface area contributed by atoms with Gasteiger partial charge < -0.3 is 10.4 Å². The lowest BCUT2D eigenvalue weighted by atomic mass is 9.75. The molecular weight excluding hydrogens is 276 g/mol. The Kier molecular flexibility index (Phi) is 3.17. The van der Waals surface area contributed by atoms with Crippen molar-refractivity contribution in [1.29, 1.82) is 5.41 Å². The van der Waals surface area contributed by atoms with Crippen LogP contribution in [-0.2, 0) is 0 Å². The lowest BCUT2D eigenvalue weighted by molar-refractivity contribution is 0.287. The van der Waals surface area contributed by atoms with E-state index in [0.717, 1.165) is 35.1 Å². The van der Waals surface area contributed by atoms with Gasteiger partial charge in [0, 0.05) is 17.5 Å². The van der Waals surface area contributed by atoms with Gasteiger partial charge in [-0.25, -0.2) is 9.50 Å². The quantitative estimate of drug-likeness (QED) is 0.728. The molecule has 6 heteroatoms. The summed E-state index contributed by atoms with van der Waals surface area (Å²) < 4.78 is 1.79. The van der Waals surface area contributed by atoms with E-state index in [4.69, 9.17) is 5.41 Å². The van der Waals surface area contributed by atoms with Gasteiger partial charge in [-0.2, -0.15) is 0 Å². The molecule has 1 atom stereocenters. The smallest absolute Gasteiger partial charge is 0.141 e. The molecule has 2 N–H and O–H groups in total. The van der Waals surface area contributed by atoms with Crippen molar-refractivity contribution in [1.82, 2.24) is 24.8 Å². The molecule has 1 unspecified atom stereocenters. The monoisotopic (exact) mass is 296 g/mol. The van der Waals surface area contributed by atoms with E-state index >= 15 is 0 Å². The minimum atomic E-state index is 0.387. The maximum atomic E-state index is 7.45. The van der Waals surface area contributed by atoms with Gasteiger partial charge in [0.1, 0.15) is 17.5 Å². The van der Waals surface area contributed by atoms with E-state index < -0.39 is 0 Å². The van der Waals surface area contributed by atoms with Crippen molar-refractivity contribution in [3.05, 3.63) is 24.3 Å². The van der Waals surface area contributed by atoms with Gasteiger partial charge in [-0.15, -0.1) is 5.10 Å². The molecule has 0 spiro atoms. The summed E-state index contributed by atoms with van der Waals surface area (Å²) in [5.74, 6) is 1.50. The van der Waals surface area contributed by atoms with Gasteiger partial charge >= 0.3 is 0 Å². The van der Waals surface area contributed by atoms with Crippen LogP contribution in [0.3, 0.4) is 0 Å². The molecule has 0 amide bonds. The van der Waals surface area contributed by atoms with Gasteiger partial charge in [-0.3, -0.25) is 0 Å². The van der Waals surface area contributed by atoms with Crippen molar-refractivity contribution in [2.75, 3.05) is 0 Å². The highest BCUT2D eigenvalue weighted by Crippen LogP contribution is 2.39. The first-order valence-corrected chi connectivity index (χ1v) is 7.95. The third-order valence-corrected chi connectivity index (χ3v) is 5.16. The topological polar surface area (TPSA) is 82.7 Å². The fourth-order valence-electron chi connectivity index (χ4n) is 3.75. The zero-order valence-corrected chi connectivity index (χ0v) is 12.7. The Labute approximate surface area is 128 Å². The molecule has 0 bridgehead atoms. The zero-order valence-electron chi connectivity index (χ0n) is 12.7. The summed E-state index contributed by atoms with van der Waals surface area (Å²) in [6.45, 7) is 2.15. The number of H-pyrrole nitrogens is 1. The number of hydrogen-bond acceptors (Lipinski definition) is 4. The van der Waals surface area contributed by atoms with E-state index in [1.807, 2.05) is 12.3 Å². The predicted octanol–water partition coefficient (Wildman–Crippen LogP) is 3.17. The Morgan fingerprint density at radius 1 is 1.36 bits per heavy atom. The largest absolute Gasteiger partial charge is 0.346 e. The fourth-order valence-corrected chi connectivity index (χ4v) is 3.75. The molecule has 0 aliphatic heterocycles. The van der Waals surface area contributed by atoms with Crippen LogP contribution < -0.4 is 0 Å². The average molecular weight is 296 g/mol. The van der Waals surface area contributed by atoms with Gasteiger partial charge in [-0.1, -0.05) is 12.1 Å². The van der Waals surface area contributed by atoms with Crippen LogP contribution in [0.4, 0.5) is 0 Å². The van der Waals surface area contributed by atoms with Crippen LogP contribution in [0, 0.1) is 17.2 Å². The van der Waals surface area contributed by atoms with Crippen molar-refractivity contribution >= 4 is 22.8 Å². The summed E-state index contributed by atoms with van der Waals surface area (Å²) in [5.41, 5.74) is 3.09. The number of aromatic nitrogens is 5. The van der Waals surface area contributed by atoms with Gasteiger partial charge in [-0.05, 0) is 49.8 Å². The molecule has 4 rings (SSSR count). The fraction of sp³-hybridized carbons (Fsp3) is 0.500. The number of nitrogens with one attached hydrogen (secondary N) is 2. The first-order valence-electron chi connectivity index (χ1n) is 7.95.